The number of likely N-dealkylation sites (tertiary alicyclic amines) is 2. The zero-order valence-corrected chi connectivity index (χ0v) is 17.3. The molecule has 1 aromatic rings. The number of carbonyl (C=O) groups is 2. The molecule has 3 rings (SSSR count). The fraction of sp³-hybridized carbons (Fsp3) is 0.652. The van der Waals surface area contributed by atoms with Crippen LogP contribution in [0.2, 0.25) is 0 Å². The molecular formula is C23H34N2O2. The maximum Gasteiger partial charge on any atom is 0.230 e. The largest absolute Gasteiger partial charge is 0.342 e. The van der Waals surface area contributed by atoms with Crippen LogP contribution in [0.1, 0.15) is 70.4 Å². The summed E-state index contributed by atoms with van der Waals surface area (Å²) in [5.74, 6) is 1.34. The molecule has 2 saturated heterocycles. The number of amides is 2. The van der Waals surface area contributed by atoms with E-state index >= 15 is 0 Å². The van der Waals surface area contributed by atoms with Gasteiger partial charge in [0.25, 0.3) is 0 Å². The molecule has 27 heavy (non-hydrogen) atoms. The lowest BCUT2D eigenvalue weighted by atomic mass is 9.78. The topological polar surface area (TPSA) is 40.6 Å². The van der Waals surface area contributed by atoms with Crippen molar-refractivity contribution in [1.29, 1.82) is 0 Å². The highest BCUT2D eigenvalue weighted by Gasteiger charge is 2.49. The zero-order chi connectivity index (χ0) is 19.6. The molecule has 1 spiro atoms. The lowest BCUT2D eigenvalue weighted by Gasteiger charge is -2.39. The third kappa shape index (κ3) is 4.36. The van der Waals surface area contributed by atoms with E-state index in [1.807, 2.05) is 9.80 Å². The van der Waals surface area contributed by atoms with E-state index in [4.69, 9.17) is 0 Å². The number of carbonyl (C=O) groups excluding carboxylic acids is 2. The fourth-order valence-electron chi connectivity index (χ4n) is 4.47. The predicted molar refractivity (Wildman–Crippen MR) is 108 cm³/mol. The minimum atomic E-state index is -0.344. The molecule has 1 atom stereocenters. The van der Waals surface area contributed by atoms with Crippen LogP contribution in [0.4, 0.5) is 0 Å². The van der Waals surface area contributed by atoms with Crippen molar-refractivity contribution >= 4 is 11.8 Å². The summed E-state index contributed by atoms with van der Waals surface area (Å²) in [5, 5.41) is 0. The van der Waals surface area contributed by atoms with Crippen LogP contribution >= 0.6 is 0 Å². The van der Waals surface area contributed by atoms with Crippen LogP contribution in [0.25, 0.3) is 0 Å². The average molecular weight is 371 g/mol. The molecule has 2 heterocycles. The summed E-state index contributed by atoms with van der Waals surface area (Å²) >= 11 is 0. The maximum atomic E-state index is 13.3. The normalized spacial score (nSPS) is 23.1. The van der Waals surface area contributed by atoms with Gasteiger partial charge in [0.1, 0.15) is 0 Å². The van der Waals surface area contributed by atoms with Crippen molar-refractivity contribution in [3.63, 3.8) is 0 Å². The second-order valence-electron chi connectivity index (χ2n) is 9.17. The van der Waals surface area contributed by atoms with E-state index < -0.39 is 0 Å². The van der Waals surface area contributed by atoms with Crippen LogP contribution in [-0.2, 0) is 16.1 Å². The first-order valence-corrected chi connectivity index (χ1v) is 10.5. The van der Waals surface area contributed by atoms with E-state index in [0.717, 1.165) is 32.4 Å². The van der Waals surface area contributed by atoms with Gasteiger partial charge in [0.15, 0.2) is 0 Å². The van der Waals surface area contributed by atoms with Gasteiger partial charge in [-0.2, -0.15) is 0 Å². The van der Waals surface area contributed by atoms with Gasteiger partial charge in [0.05, 0.1) is 5.41 Å². The van der Waals surface area contributed by atoms with Crippen LogP contribution in [0, 0.1) is 11.3 Å². The Kier molecular flexibility index (Phi) is 5.92. The number of nitrogens with zero attached hydrogens (tertiary/aromatic N) is 2. The molecule has 0 aromatic heterocycles. The minimum Gasteiger partial charge on any atom is -0.342 e. The summed E-state index contributed by atoms with van der Waals surface area (Å²) in [6, 6.07) is 8.65. The SMILES string of the molecule is CC(C)CC(=O)N1CCC2(CCCN(Cc3ccc(C(C)C)cc3)C2=O)C1. The van der Waals surface area contributed by atoms with Gasteiger partial charge in [-0.25, -0.2) is 0 Å². The Morgan fingerprint density at radius 2 is 1.78 bits per heavy atom. The summed E-state index contributed by atoms with van der Waals surface area (Å²) in [6.07, 6.45) is 3.34. The van der Waals surface area contributed by atoms with Crippen LogP contribution in [0.3, 0.4) is 0 Å². The third-order valence-electron chi connectivity index (χ3n) is 6.13. The first-order chi connectivity index (χ1) is 12.8. The fourth-order valence-corrected chi connectivity index (χ4v) is 4.47. The quantitative estimate of drug-likeness (QED) is 0.779. The molecule has 148 valence electrons. The Bertz CT molecular complexity index is 680. The van der Waals surface area contributed by atoms with E-state index in [2.05, 4.69) is 52.0 Å². The van der Waals surface area contributed by atoms with Crippen molar-refractivity contribution in [2.45, 2.75) is 65.8 Å². The minimum absolute atomic E-state index is 0.205. The van der Waals surface area contributed by atoms with Gasteiger partial charge in [-0.1, -0.05) is 52.0 Å². The second-order valence-corrected chi connectivity index (χ2v) is 9.17. The van der Waals surface area contributed by atoms with Gasteiger partial charge < -0.3 is 9.80 Å². The van der Waals surface area contributed by atoms with E-state index in [-0.39, 0.29) is 17.2 Å². The molecule has 0 radical (unpaired) electrons. The van der Waals surface area contributed by atoms with Crippen LogP contribution < -0.4 is 0 Å². The van der Waals surface area contributed by atoms with Gasteiger partial charge in [0.2, 0.25) is 11.8 Å². The number of rotatable bonds is 5. The summed E-state index contributed by atoms with van der Waals surface area (Å²) in [5.41, 5.74) is 2.17. The van der Waals surface area contributed by atoms with E-state index in [9.17, 15) is 9.59 Å². The average Bonchev–Trinajstić information content (AvgIpc) is 3.04. The Labute approximate surface area is 163 Å². The smallest absolute Gasteiger partial charge is 0.230 e. The van der Waals surface area contributed by atoms with Crippen molar-refractivity contribution in [3.8, 4) is 0 Å². The molecule has 0 bridgehead atoms. The van der Waals surface area contributed by atoms with Crippen molar-refractivity contribution in [2.75, 3.05) is 19.6 Å². The van der Waals surface area contributed by atoms with Crippen LogP contribution in [0.5, 0.6) is 0 Å². The van der Waals surface area contributed by atoms with Crippen LogP contribution in [-0.4, -0.2) is 41.2 Å². The van der Waals surface area contributed by atoms with Crippen molar-refractivity contribution in [2.24, 2.45) is 11.3 Å². The predicted octanol–water partition coefficient (Wildman–Crippen LogP) is 4.20. The van der Waals surface area contributed by atoms with Gasteiger partial charge in [-0.05, 0) is 42.2 Å². The molecule has 4 heteroatoms. The van der Waals surface area contributed by atoms with E-state index in [1.165, 1.54) is 11.1 Å². The Morgan fingerprint density at radius 3 is 2.41 bits per heavy atom. The molecular weight excluding hydrogens is 336 g/mol. The molecule has 4 nitrogen and oxygen atoms in total. The summed E-state index contributed by atoms with van der Waals surface area (Å²) in [4.78, 5) is 29.7. The van der Waals surface area contributed by atoms with Crippen molar-refractivity contribution in [3.05, 3.63) is 35.4 Å². The summed E-state index contributed by atoms with van der Waals surface area (Å²) in [7, 11) is 0. The summed E-state index contributed by atoms with van der Waals surface area (Å²) in [6.45, 7) is 11.4. The van der Waals surface area contributed by atoms with Gasteiger partial charge in [0, 0.05) is 32.6 Å². The lowest BCUT2D eigenvalue weighted by Crippen LogP contribution is -2.50. The highest BCUT2D eigenvalue weighted by atomic mass is 16.2. The van der Waals surface area contributed by atoms with Crippen molar-refractivity contribution < 1.29 is 9.59 Å². The summed E-state index contributed by atoms with van der Waals surface area (Å²) < 4.78 is 0. The Hall–Kier alpha value is -1.84. The van der Waals surface area contributed by atoms with Crippen LogP contribution in [0.15, 0.2) is 24.3 Å². The molecule has 0 saturated carbocycles. The van der Waals surface area contributed by atoms with Gasteiger partial charge in [-0.15, -0.1) is 0 Å². The Morgan fingerprint density at radius 1 is 1.07 bits per heavy atom. The molecule has 0 N–H and O–H groups in total. The highest BCUT2D eigenvalue weighted by molar-refractivity contribution is 5.86. The third-order valence-corrected chi connectivity index (χ3v) is 6.13. The molecule has 0 aliphatic carbocycles. The zero-order valence-electron chi connectivity index (χ0n) is 17.3. The highest BCUT2D eigenvalue weighted by Crippen LogP contribution is 2.40. The molecule has 1 unspecified atom stereocenters. The number of piperidine rings is 1. The van der Waals surface area contributed by atoms with E-state index in [0.29, 0.717) is 31.3 Å². The number of benzene rings is 1. The molecule has 1 aromatic carbocycles. The maximum absolute atomic E-state index is 13.3. The standard InChI is InChI=1S/C23H34N2O2/c1-17(2)14-21(26)25-13-11-23(16-25)10-5-12-24(22(23)27)15-19-6-8-20(9-7-19)18(3)4/h6-9,17-18H,5,10-16H2,1-4H3. The van der Waals surface area contributed by atoms with Crippen molar-refractivity contribution in [1.82, 2.24) is 9.80 Å². The molecule has 2 amide bonds. The van der Waals surface area contributed by atoms with E-state index in [1.54, 1.807) is 0 Å². The molecule has 2 aliphatic heterocycles. The second kappa shape index (κ2) is 8.04. The Balaban J connectivity index is 1.66. The van der Waals surface area contributed by atoms with Gasteiger partial charge >= 0.3 is 0 Å². The monoisotopic (exact) mass is 370 g/mol. The first-order valence-electron chi connectivity index (χ1n) is 10.5. The first kappa shape index (κ1) is 19.9. The molecule has 2 fully saturated rings. The number of hydrogen-bond donors (Lipinski definition) is 0. The number of hydrogen-bond acceptors (Lipinski definition) is 2. The van der Waals surface area contributed by atoms with Gasteiger partial charge in [-0.3, -0.25) is 9.59 Å². The lowest BCUT2D eigenvalue weighted by molar-refractivity contribution is -0.146. The molecule has 2 aliphatic rings.